The molecule has 0 saturated carbocycles. The Bertz CT molecular complexity index is 656. The number of nitrogens with one attached hydrogen (secondary N) is 1. The summed E-state index contributed by atoms with van der Waals surface area (Å²) in [6.45, 7) is 2.76. The van der Waals surface area contributed by atoms with E-state index in [1.54, 1.807) is 37.4 Å². The lowest BCUT2D eigenvalue weighted by molar-refractivity contribution is 0.101. The summed E-state index contributed by atoms with van der Waals surface area (Å²) in [5, 5.41) is 2.87. The van der Waals surface area contributed by atoms with Crippen LogP contribution in [0.25, 0.3) is 0 Å². The number of anilines is 2. The number of benzene rings is 2. The quantitative estimate of drug-likeness (QED) is 0.635. The lowest BCUT2D eigenvalue weighted by atomic mass is 10.1. The molecule has 0 spiro atoms. The number of ether oxygens (including phenoxy) is 2. The van der Waals surface area contributed by atoms with Crippen molar-refractivity contribution in [2.45, 2.75) is 6.92 Å². The van der Waals surface area contributed by atoms with Gasteiger partial charge in [-0.15, -0.1) is 0 Å². The van der Waals surface area contributed by atoms with Crippen molar-refractivity contribution in [3.8, 4) is 5.75 Å². The minimum absolute atomic E-state index is 0.235. The third kappa shape index (κ3) is 3.99. The van der Waals surface area contributed by atoms with Gasteiger partial charge in [-0.25, -0.2) is 0 Å². The van der Waals surface area contributed by atoms with Gasteiger partial charge in [-0.05, 0) is 36.8 Å². The van der Waals surface area contributed by atoms with Crippen molar-refractivity contribution in [2.75, 3.05) is 31.4 Å². The van der Waals surface area contributed by atoms with Gasteiger partial charge in [0, 0.05) is 18.5 Å². The maximum absolute atomic E-state index is 12.5. The molecule has 0 atom stereocenters. The van der Waals surface area contributed by atoms with E-state index in [-0.39, 0.29) is 5.91 Å². The highest BCUT2D eigenvalue weighted by atomic mass is 16.5. The first kappa shape index (κ1) is 15.9. The average molecular weight is 300 g/mol. The van der Waals surface area contributed by atoms with Crippen molar-refractivity contribution in [2.24, 2.45) is 0 Å². The van der Waals surface area contributed by atoms with Crippen LogP contribution in [0.4, 0.5) is 11.4 Å². The zero-order valence-electron chi connectivity index (χ0n) is 12.8. The lowest BCUT2D eigenvalue weighted by Gasteiger charge is -2.13. The Morgan fingerprint density at radius 1 is 1.18 bits per heavy atom. The lowest BCUT2D eigenvalue weighted by Crippen LogP contribution is -2.15. The maximum atomic E-state index is 12.5. The monoisotopic (exact) mass is 300 g/mol. The van der Waals surface area contributed by atoms with Crippen LogP contribution in [-0.2, 0) is 4.74 Å². The molecule has 0 heterocycles. The van der Waals surface area contributed by atoms with Crippen LogP contribution in [0.5, 0.6) is 5.75 Å². The van der Waals surface area contributed by atoms with E-state index in [0.717, 1.165) is 5.56 Å². The second-order valence-electron chi connectivity index (χ2n) is 4.87. The van der Waals surface area contributed by atoms with E-state index in [1.165, 1.54) is 0 Å². The third-order valence-corrected chi connectivity index (χ3v) is 3.19. The molecule has 116 valence electrons. The van der Waals surface area contributed by atoms with Gasteiger partial charge in [-0.3, -0.25) is 4.79 Å². The molecule has 0 aromatic heterocycles. The molecule has 2 aromatic carbocycles. The van der Waals surface area contributed by atoms with Crippen LogP contribution < -0.4 is 15.8 Å². The summed E-state index contributed by atoms with van der Waals surface area (Å²) in [5.41, 5.74) is 8.47. The number of nitrogen functional groups attached to an aromatic ring is 1. The first-order valence-corrected chi connectivity index (χ1v) is 7.00. The Hall–Kier alpha value is -2.53. The van der Waals surface area contributed by atoms with E-state index in [4.69, 9.17) is 15.2 Å². The predicted molar refractivity (Wildman–Crippen MR) is 87.4 cm³/mol. The molecule has 0 saturated heterocycles. The number of amides is 1. The molecule has 5 nitrogen and oxygen atoms in total. The van der Waals surface area contributed by atoms with Crippen LogP contribution in [0.3, 0.4) is 0 Å². The van der Waals surface area contributed by atoms with Crippen molar-refractivity contribution in [1.29, 1.82) is 0 Å². The standard InChI is InChI=1S/C17H20N2O3/c1-12-7-8-13(18)11-15(12)19-17(20)14-5-3-4-6-16(14)22-10-9-21-2/h3-8,11H,9-10,18H2,1-2H3,(H,19,20). The van der Waals surface area contributed by atoms with Crippen molar-refractivity contribution in [3.63, 3.8) is 0 Å². The molecule has 0 fully saturated rings. The first-order chi connectivity index (χ1) is 10.6. The molecule has 22 heavy (non-hydrogen) atoms. The van der Waals surface area contributed by atoms with Crippen molar-refractivity contribution >= 4 is 17.3 Å². The van der Waals surface area contributed by atoms with E-state index in [9.17, 15) is 4.79 Å². The largest absolute Gasteiger partial charge is 0.490 e. The zero-order chi connectivity index (χ0) is 15.9. The highest BCUT2D eigenvalue weighted by Gasteiger charge is 2.13. The summed E-state index contributed by atoms with van der Waals surface area (Å²) in [5.74, 6) is 0.292. The molecule has 3 N–H and O–H groups in total. The summed E-state index contributed by atoms with van der Waals surface area (Å²) < 4.78 is 10.5. The van der Waals surface area contributed by atoms with Crippen LogP contribution in [0.1, 0.15) is 15.9 Å². The van der Waals surface area contributed by atoms with Crippen LogP contribution in [0, 0.1) is 6.92 Å². The molecule has 1 amide bonds. The van der Waals surface area contributed by atoms with Crippen molar-refractivity contribution < 1.29 is 14.3 Å². The Morgan fingerprint density at radius 3 is 2.73 bits per heavy atom. The molecule has 0 aliphatic rings. The number of aryl methyl sites for hydroxylation is 1. The van der Waals surface area contributed by atoms with E-state index in [0.29, 0.717) is 35.9 Å². The van der Waals surface area contributed by atoms with E-state index >= 15 is 0 Å². The highest BCUT2D eigenvalue weighted by Crippen LogP contribution is 2.22. The molecule has 2 rings (SSSR count). The molecule has 2 aromatic rings. The summed E-state index contributed by atoms with van der Waals surface area (Å²) in [6, 6.07) is 12.5. The highest BCUT2D eigenvalue weighted by molar-refractivity contribution is 6.06. The van der Waals surface area contributed by atoms with Gasteiger partial charge in [0.15, 0.2) is 0 Å². The van der Waals surface area contributed by atoms with Crippen molar-refractivity contribution in [3.05, 3.63) is 53.6 Å². The van der Waals surface area contributed by atoms with E-state index in [1.807, 2.05) is 19.1 Å². The van der Waals surface area contributed by atoms with Gasteiger partial charge in [0.2, 0.25) is 0 Å². The SMILES string of the molecule is COCCOc1ccccc1C(=O)Nc1cc(N)ccc1C. The zero-order valence-corrected chi connectivity index (χ0v) is 12.8. The number of hydrogen-bond donors (Lipinski definition) is 2. The van der Waals surface area contributed by atoms with Gasteiger partial charge in [-0.1, -0.05) is 18.2 Å². The number of methoxy groups -OCH3 is 1. The number of para-hydroxylation sites is 1. The van der Waals surface area contributed by atoms with Crippen LogP contribution in [0.2, 0.25) is 0 Å². The van der Waals surface area contributed by atoms with Gasteiger partial charge in [0.1, 0.15) is 12.4 Å². The number of hydrogen-bond acceptors (Lipinski definition) is 4. The number of rotatable bonds is 6. The molecule has 0 aliphatic heterocycles. The molecular weight excluding hydrogens is 280 g/mol. The van der Waals surface area contributed by atoms with Gasteiger partial charge in [-0.2, -0.15) is 0 Å². The van der Waals surface area contributed by atoms with E-state index < -0.39 is 0 Å². The summed E-state index contributed by atoms with van der Waals surface area (Å²) in [6.07, 6.45) is 0. The van der Waals surface area contributed by atoms with Crippen LogP contribution in [-0.4, -0.2) is 26.2 Å². The predicted octanol–water partition coefficient (Wildman–Crippen LogP) is 2.85. The minimum atomic E-state index is -0.235. The van der Waals surface area contributed by atoms with Crippen molar-refractivity contribution in [1.82, 2.24) is 0 Å². The summed E-state index contributed by atoms with van der Waals surface area (Å²) in [7, 11) is 1.60. The average Bonchev–Trinajstić information content (AvgIpc) is 2.51. The second-order valence-corrected chi connectivity index (χ2v) is 4.87. The van der Waals surface area contributed by atoms with Crippen LogP contribution in [0.15, 0.2) is 42.5 Å². The molecule has 5 heteroatoms. The van der Waals surface area contributed by atoms with Gasteiger partial charge >= 0.3 is 0 Å². The molecule has 0 aliphatic carbocycles. The van der Waals surface area contributed by atoms with E-state index in [2.05, 4.69) is 5.32 Å². The Labute approximate surface area is 130 Å². The second kappa shape index (κ2) is 7.47. The molecule has 0 unspecified atom stereocenters. The molecular formula is C17H20N2O3. The Balaban J connectivity index is 2.17. The van der Waals surface area contributed by atoms with Gasteiger partial charge in [0.05, 0.1) is 12.2 Å². The number of carbonyl (C=O) groups excluding carboxylic acids is 1. The molecule has 0 bridgehead atoms. The molecule has 0 radical (unpaired) electrons. The fraction of sp³-hybridized carbons (Fsp3) is 0.235. The summed E-state index contributed by atoms with van der Waals surface area (Å²) >= 11 is 0. The maximum Gasteiger partial charge on any atom is 0.259 e. The smallest absolute Gasteiger partial charge is 0.259 e. The van der Waals surface area contributed by atoms with Gasteiger partial charge < -0.3 is 20.5 Å². The van der Waals surface area contributed by atoms with Gasteiger partial charge in [0.25, 0.3) is 5.91 Å². The summed E-state index contributed by atoms with van der Waals surface area (Å²) in [4.78, 5) is 12.5. The normalized spacial score (nSPS) is 10.3. The number of nitrogens with two attached hydrogens (primary N) is 1. The van der Waals surface area contributed by atoms with Crippen LogP contribution >= 0.6 is 0 Å². The minimum Gasteiger partial charge on any atom is -0.490 e. The fourth-order valence-corrected chi connectivity index (χ4v) is 1.98. The Morgan fingerprint density at radius 2 is 1.95 bits per heavy atom. The fourth-order valence-electron chi connectivity index (χ4n) is 1.98. The topological polar surface area (TPSA) is 73.6 Å². The number of carbonyl (C=O) groups is 1. The third-order valence-electron chi connectivity index (χ3n) is 3.19. The Kier molecular flexibility index (Phi) is 5.38. The first-order valence-electron chi connectivity index (χ1n) is 7.00.